The zero-order chi connectivity index (χ0) is 22.8. The average molecular weight is 457 g/mol. The highest BCUT2D eigenvalue weighted by Gasteiger charge is 2.37. The van der Waals surface area contributed by atoms with Crippen molar-refractivity contribution in [1.82, 2.24) is 25.3 Å². The van der Waals surface area contributed by atoms with Crippen LogP contribution in [0, 0.1) is 0 Å². The number of hydrogen-bond donors (Lipinski definition) is 2. The van der Waals surface area contributed by atoms with Crippen molar-refractivity contribution in [2.24, 2.45) is 0 Å². The van der Waals surface area contributed by atoms with Crippen LogP contribution in [0.4, 0.5) is 5.95 Å². The van der Waals surface area contributed by atoms with Crippen LogP contribution in [-0.4, -0.2) is 56.7 Å². The van der Waals surface area contributed by atoms with Crippen molar-refractivity contribution < 1.29 is 0 Å². The standard InChI is InChI=1S/C25H40N6S/c1-6-30(31-14-8-7-9-15-31)18-20-10-11-22(32-20)21-12-13-26-23(28-21)27-19-16-24(2,3)29-25(4,5)17-19/h10-13,19,29H,6-9,14-18H2,1-5H3,(H,26,27,28). The monoisotopic (exact) mass is 456 g/mol. The third-order valence-electron chi connectivity index (χ3n) is 6.53. The first-order valence-electron chi connectivity index (χ1n) is 12.2. The van der Waals surface area contributed by atoms with Crippen molar-refractivity contribution in [3.05, 3.63) is 29.3 Å². The fourth-order valence-corrected chi connectivity index (χ4v) is 6.51. The van der Waals surface area contributed by atoms with Gasteiger partial charge in [-0.05, 0) is 71.6 Å². The van der Waals surface area contributed by atoms with Gasteiger partial charge >= 0.3 is 0 Å². The number of nitrogens with one attached hydrogen (secondary N) is 2. The summed E-state index contributed by atoms with van der Waals surface area (Å²) in [4.78, 5) is 12.0. The molecule has 32 heavy (non-hydrogen) atoms. The molecule has 0 saturated carbocycles. The Morgan fingerprint density at radius 3 is 2.50 bits per heavy atom. The smallest absolute Gasteiger partial charge is 0.223 e. The van der Waals surface area contributed by atoms with Crippen LogP contribution in [0.25, 0.3) is 10.6 Å². The maximum absolute atomic E-state index is 4.88. The molecule has 0 radical (unpaired) electrons. The maximum Gasteiger partial charge on any atom is 0.223 e. The normalized spacial score (nSPS) is 21.7. The number of hydrogen-bond acceptors (Lipinski definition) is 7. The summed E-state index contributed by atoms with van der Waals surface area (Å²) in [7, 11) is 0. The van der Waals surface area contributed by atoms with Crippen molar-refractivity contribution in [3.8, 4) is 10.6 Å². The van der Waals surface area contributed by atoms with Crippen LogP contribution in [0.5, 0.6) is 0 Å². The molecule has 2 fully saturated rings. The molecule has 176 valence electrons. The Bertz CT molecular complexity index is 870. The van der Waals surface area contributed by atoms with Gasteiger partial charge in [-0.15, -0.1) is 11.3 Å². The van der Waals surface area contributed by atoms with Crippen LogP contribution in [0.2, 0.25) is 0 Å². The average Bonchev–Trinajstić information content (AvgIpc) is 3.19. The molecule has 7 heteroatoms. The van der Waals surface area contributed by atoms with Crippen molar-refractivity contribution >= 4 is 17.3 Å². The molecule has 0 spiro atoms. The molecule has 6 nitrogen and oxygen atoms in total. The highest BCUT2D eigenvalue weighted by atomic mass is 32.1. The van der Waals surface area contributed by atoms with Crippen LogP contribution >= 0.6 is 11.3 Å². The number of piperidine rings is 2. The van der Waals surface area contributed by atoms with Crippen LogP contribution < -0.4 is 10.6 Å². The van der Waals surface area contributed by atoms with Crippen LogP contribution in [-0.2, 0) is 6.54 Å². The number of nitrogens with zero attached hydrogens (tertiary/aromatic N) is 4. The fourth-order valence-electron chi connectivity index (χ4n) is 5.52. The molecule has 0 unspecified atom stereocenters. The van der Waals surface area contributed by atoms with Gasteiger partial charge in [0.2, 0.25) is 5.95 Å². The van der Waals surface area contributed by atoms with E-state index in [9.17, 15) is 0 Å². The van der Waals surface area contributed by atoms with E-state index in [4.69, 9.17) is 4.98 Å². The molecule has 0 bridgehead atoms. The molecule has 4 rings (SSSR count). The Morgan fingerprint density at radius 1 is 1.09 bits per heavy atom. The molecule has 2 aliphatic rings. The van der Waals surface area contributed by atoms with E-state index in [0.717, 1.165) is 37.6 Å². The summed E-state index contributed by atoms with van der Waals surface area (Å²) in [6.07, 6.45) is 7.98. The van der Waals surface area contributed by atoms with Gasteiger partial charge in [-0.3, -0.25) is 0 Å². The van der Waals surface area contributed by atoms with Crippen molar-refractivity contribution in [1.29, 1.82) is 0 Å². The molecule has 0 atom stereocenters. The van der Waals surface area contributed by atoms with Crippen LogP contribution in [0.3, 0.4) is 0 Å². The predicted octanol–water partition coefficient (Wildman–Crippen LogP) is 5.15. The molecular formula is C25H40N6S. The van der Waals surface area contributed by atoms with E-state index in [1.165, 1.54) is 42.1 Å². The zero-order valence-electron chi connectivity index (χ0n) is 20.4. The molecule has 2 N–H and O–H groups in total. The largest absolute Gasteiger partial charge is 0.351 e. The van der Waals surface area contributed by atoms with Gasteiger partial charge in [-0.1, -0.05) is 13.3 Å². The molecular weight excluding hydrogens is 416 g/mol. The van der Waals surface area contributed by atoms with Crippen molar-refractivity contribution in [2.75, 3.05) is 25.0 Å². The minimum absolute atomic E-state index is 0.0964. The van der Waals surface area contributed by atoms with E-state index in [-0.39, 0.29) is 11.1 Å². The molecule has 2 aromatic heterocycles. The van der Waals surface area contributed by atoms with E-state index in [1.54, 1.807) is 0 Å². The van der Waals surface area contributed by atoms with Gasteiger partial charge in [0, 0.05) is 54.4 Å². The second kappa shape index (κ2) is 9.75. The van der Waals surface area contributed by atoms with Gasteiger partial charge in [-0.25, -0.2) is 20.0 Å². The van der Waals surface area contributed by atoms with Crippen molar-refractivity contribution in [2.45, 2.75) is 90.4 Å². The Hall–Kier alpha value is -1.54. The Labute approximate surface area is 197 Å². The van der Waals surface area contributed by atoms with Gasteiger partial charge in [-0.2, -0.15) is 0 Å². The zero-order valence-corrected chi connectivity index (χ0v) is 21.3. The third kappa shape index (κ3) is 6.07. The number of hydrazine groups is 1. The van der Waals surface area contributed by atoms with Crippen LogP contribution in [0.1, 0.15) is 71.6 Å². The Balaban J connectivity index is 1.43. The Kier molecular flexibility index (Phi) is 7.20. The van der Waals surface area contributed by atoms with E-state index in [0.29, 0.717) is 6.04 Å². The molecule has 4 heterocycles. The van der Waals surface area contributed by atoms with E-state index in [1.807, 2.05) is 23.6 Å². The second-order valence-corrected chi connectivity index (χ2v) is 11.8. The first-order valence-corrected chi connectivity index (χ1v) is 13.0. The first kappa shape index (κ1) is 23.6. The van der Waals surface area contributed by atoms with E-state index >= 15 is 0 Å². The highest BCUT2D eigenvalue weighted by molar-refractivity contribution is 7.15. The number of rotatable bonds is 7. The lowest BCUT2D eigenvalue weighted by molar-refractivity contribution is -0.0418. The number of anilines is 1. The lowest BCUT2D eigenvalue weighted by Crippen LogP contribution is -2.60. The molecule has 2 saturated heterocycles. The molecule has 2 aromatic rings. The highest BCUT2D eigenvalue weighted by Crippen LogP contribution is 2.31. The topological polar surface area (TPSA) is 56.3 Å². The minimum Gasteiger partial charge on any atom is -0.351 e. The third-order valence-corrected chi connectivity index (χ3v) is 7.62. The quantitative estimate of drug-likeness (QED) is 0.601. The molecule has 2 aliphatic heterocycles. The maximum atomic E-state index is 4.88. The SMILES string of the molecule is CCN(Cc1ccc(-c2ccnc(NC3CC(C)(C)NC(C)(C)C3)n2)s1)N1CCCCC1. The fraction of sp³-hybridized carbons (Fsp3) is 0.680. The van der Waals surface area contributed by atoms with E-state index in [2.05, 4.69) is 72.4 Å². The second-order valence-electron chi connectivity index (χ2n) is 10.7. The van der Waals surface area contributed by atoms with Crippen molar-refractivity contribution in [3.63, 3.8) is 0 Å². The summed E-state index contributed by atoms with van der Waals surface area (Å²) in [6, 6.07) is 6.87. The summed E-state index contributed by atoms with van der Waals surface area (Å²) >= 11 is 1.85. The summed E-state index contributed by atoms with van der Waals surface area (Å²) in [5, 5.41) is 12.4. The summed E-state index contributed by atoms with van der Waals surface area (Å²) in [5.74, 6) is 0.736. The minimum atomic E-state index is 0.0964. The van der Waals surface area contributed by atoms with Gasteiger partial charge in [0.25, 0.3) is 0 Å². The van der Waals surface area contributed by atoms with Gasteiger partial charge in [0.05, 0.1) is 10.6 Å². The van der Waals surface area contributed by atoms with Crippen LogP contribution in [0.15, 0.2) is 24.4 Å². The van der Waals surface area contributed by atoms with Gasteiger partial charge < -0.3 is 10.6 Å². The molecule has 0 amide bonds. The lowest BCUT2D eigenvalue weighted by atomic mass is 9.80. The lowest BCUT2D eigenvalue weighted by Gasteiger charge is -2.46. The van der Waals surface area contributed by atoms with Gasteiger partial charge in [0.1, 0.15) is 0 Å². The molecule has 0 aliphatic carbocycles. The predicted molar refractivity (Wildman–Crippen MR) is 135 cm³/mol. The van der Waals surface area contributed by atoms with Gasteiger partial charge in [0.15, 0.2) is 0 Å². The first-order chi connectivity index (χ1) is 15.2. The van der Waals surface area contributed by atoms with E-state index < -0.39 is 0 Å². The Morgan fingerprint density at radius 2 is 1.81 bits per heavy atom. The number of aromatic nitrogens is 2. The summed E-state index contributed by atoms with van der Waals surface area (Å²) in [5.41, 5.74) is 1.20. The number of thiophene rings is 1. The molecule has 0 aromatic carbocycles. The summed E-state index contributed by atoms with van der Waals surface area (Å²) in [6.45, 7) is 15.8. The summed E-state index contributed by atoms with van der Waals surface area (Å²) < 4.78 is 0.